The Labute approximate surface area is 245 Å². The normalized spacial score (nSPS) is 12.5. The average molecular weight is 594 g/mol. The number of carbonyl (C=O) groups is 1. The Hall–Kier alpha value is -3.90. The number of nitrogens with one attached hydrogen (secondary N) is 2. The highest BCUT2D eigenvalue weighted by atomic mass is 31.1. The highest BCUT2D eigenvalue weighted by Crippen LogP contribution is 2.41. The molecule has 0 saturated heterocycles. The predicted molar refractivity (Wildman–Crippen MR) is 166 cm³/mol. The number of aryl methyl sites for hydroxylation is 1. The van der Waals surface area contributed by atoms with Crippen molar-refractivity contribution < 1.29 is 22.7 Å². The minimum atomic E-state index is -0.557. The highest BCUT2D eigenvalue weighted by Gasteiger charge is 2.20. The van der Waals surface area contributed by atoms with E-state index in [0.717, 1.165) is 17.2 Å². The molecule has 1 heterocycles. The number of H-pyrrole nitrogens is 1. The molecule has 0 fully saturated rings. The van der Waals surface area contributed by atoms with E-state index in [4.69, 9.17) is 4.74 Å². The number of rotatable bonds is 13. The summed E-state index contributed by atoms with van der Waals surface area (Å²) in [6, 6.07) is 12.6. The Morgan fingerprint density at radius 1 is 1.14 bits per heavy atom. The topological polar surface area (TPSA) is 66.5 Å². The quantitative estimate of drug-likeness (QED) is 0.0708. The van der Waals surface area contributed by atoms with Crippen LogP contribution in [0.15, 0.2) is 72.5 Å². The van der Waals surface area contributed by atoms with E-state index in [2.05, 4.69) is 35.2 Å². The lowest BCUT2D eigenvalue weighted by Gasteiger charge is -2.18. The number of fused-ring (bicyclic) bond motifs is 1. The summed E-state index contributed by atoms with van der Waals surface area (Å²) in [5.74, 6) is -1.15. The molecule has 0 spiro atoms. The summed E-state index contributed by atoms with van der Waals surface area (Å²) >= 11 is 0. The number of halogens is 3. The van der Waals surface area contributed by atoms with Crippen molar-refractivity contribution in [3.8, 4) is 11.5 Å². The van der Waals surface area contributed by atoms with Gasteiger partial charge in [-0.3, -0.25) is 4.99 Å². The summed E-state index contributed by atoms with van der Waals surface area (Å²) < 4.78 is 51.8. The van der Waals surface area contributed by atoms with Gasteiger partial charge >= 0.3 is 0 Å². The van der Waals surface area contributed by atoms with E-state index >= 15 is 13.2 Å². The lowest BCUT2D eigenvalue weighted by atomic mass is 9.93. The molecule has 1 atom stereocenters. The van der Waals surface area contributed by atoms with Gasteiger partial charge < -0.3 is 19.8 Å². The number of aldehydes is 1. The second kappa shape index (κ2) is 14.3. The molecule has 0 radical (unpaired) electrons. The number of ether oxygens (including phenoxy) is 1. The maximum atomic E-state index is 15.3. The van der Waals surface area contributed by atoms with Crippen LogP contribution in [0, 0.1) is 17.5 Å². The molecule has 42 heavy (non-hydrogen) atoms. The molecular formula is C33H35F3N3O2P. The van der Waals surface area contributed by atoms with E-state index in [1.807, 2.05) is 13.0 Å². The van der Waals surface area contributed by atoms with Gasteiger partial charge in [0.1, 0.15) is 29.5 Å². The Bertz CT molecular complexity index is 1600. The van der Waals surface area contributed by atoms with Crippen LogP contribution in [0.5, 0.6) is 11.5 Å². The summed E-state index contributed by atoms with van der Waals surface area (Å²) in [4.78, 5) is 18.5. The molecule has 5 nitrogen and oxygen atoms in total. The van der Waals surface area contributed by atoms with Crippen molar-refractivity contribution in [2.75, 3.05) is 19.9 Å². The molecule has 0 aliphatic heterocycles. The van der Waals surface area contributed by atoms with Crippen molar-refractivity contribution >= 4 is 30.9 Å². The van der Waals surface area contributed by atoms with Crippen molar-refractivity contribution in [3.05, 3.63) is 107 Å². The Morgan fingerprint density at radius 2 is 1.95 bits per heavy atom. The van der Waals surface area contributed by atoms with Crippen LogP contribution in [-0.4, -0.2) is 37.0 Å². The van der Waals surface area contributed by atoms with Crippen LogP contribution in [0.3, 0.4) is 0 Å². The maximum absolute atomic E-state index is 15.3. The number of hydrogen-bond donors (Lipinski definition) is 2. The molecule has 4 aromatic rings. The van der Waals surface area contributed by atoms with Crippen molar-refractivity contribution in [2.24, 2.45) is 4.99 Å². The Morgan fingerprint density at radius 3 is 2.67 bits per heavy atom. The number of benzene rings is 3. The fraction of sp³-hybridized carbons (Fsp3) is 0.273. The molecule has 9 heteroatoms. The zero-order valence-corrected chi connectivity index (χ0v) is 24.9. The number of aromatic nitrogens is 1. The predicted octanol–water partition coefficient (Wildman–Crippen LogP) is 8.42. The van der Waals surface area contributed by atoms with Gasteiger partial charge in [0.25, 0.3) is 0 Å². The molecule has 4 rings (SSSR count). The fourth-order valence-corrected chi connectivity index (χ4v) is 5.90. The van der Waals surface area contributed by atoms with E-state index in [0.29, 0.717) is 35.6 Å². The summed E-state index contributed by atoms with van der Waals surface area (Å²) in [6.07, 6.45) is 5.72. The van der Waals surface area contributed by atoms with Gasteiger partial charge in [-0.05, 0) is 73.9 Å². The number of aromatic amines is 1. The molecule has 220 valence electrons. The van der Waals surface area contributed by atoms with Crippen molar-refractivity contribution in [2.45, 2.75) is 38.3 Å². The SMILES string of the molecule is C=CNC(=NCC(CC)c1cccc(CCC=O)c1F)c1cc(Oc2c(F)cc3[nH]ccc3c2CP(C)C)ccc1F. The first-order valence-electron chi connectivity index (χ1n) is 13.8. The molecule has 0 aliphatic carbocycles. The number of hydrogen-bond acceptors (Lipinski definition) is 3. The van der Waals surface area contributed by atoms with Crippen LogP contribution in [-0.2, 0) is 17.4 Å². The molecule has 0 amide bonds. The van der Waals surface area contributed by atoms with Gasteiger partial charge in [0.05, 0.1) is 5.56 Å². The van der Waals surface area contributed by atoms with Gasteiger partial charge in [0.2, 0.25) is 0 Å². The summed E-state index contributed by atoms with van der Waals surface area (Å²) in [5.41, 5.74) is 2.53. The van der Waals surface area contributed by atoms with Crippen LogP contribution >= 0.6 is 7.92 Å². The zero-order chi connectivity index (χ0) is 30.2. The second-order valence-electron chi connectivity index (χ2n) is 10.3. The summed E-state index contributed by atoms with van der Waals surface area (Å²) in [5, 5.41) is 3.78. The number of nitrogens with zero attached hydrogens (tertiary/aromatic N) is 1. The van der Waals surface area contributed by atoms with Crippen LogP contribution in [0.25, 0.3) is 10.9 Å². The third-order valence-electron chi connectivity index (χ3n) is 7.03. The molecule has 2 N–H and O–H groups in total. The van der Waals surface area contributed by atoms with E-state index in [-0.39, 0.29) is 47.6 Å². The molecule has 0 saturated carbocycles. The van der Waals surface area contributed by atoms with Gasteiger partial charge in [-0.15, -0.1) is 7.92 Å². The number of carbonyl (C=O) groups excluding carboxylic acids is 1. The fourth-order valence-electron chi connectivity index (χ4n) is 4.95. The largest absolute Gasteiger partial charge is 0.454 e. The smallest absolute Gasteiger partial charge is 0.168 e. The molecule has 1 aromatic heterocycles. The summed E-state index contributed by atoms with van der Waals surface area (Å²) in [7, 11) is -0.404. The molecule has 0 aliphatic rings. The number of aliphatic imine (C=N–C) groups is 1. The summed E-state index contributed by atoms with van der Waals surface area (Å²) in [6.45, 7) is 10.0. The average Bonchev–Trinajstić information content (AvgIpc) is 3.43. The van der Waals surface area contributed by atoms with E-state index in [9.17, 15) is 4.79 Å². The molecular weight excluding hydrogens is 558 g/mol. The Kier molecular flexibility index (Phi) is 10.6. The first-order chi connectivity index (χ1) is 20.3. The van der Waals surface area contributed by atoms with E-state index < -0.39 is 19.6 Å². The lowest BCUT2D eigenvalue weighted by Crippen LogP contribution is -2.21. The second-order valence-corrected chi connectivity index (χ2v) is 12.7. The first-order valence-corrected chi connectivity index (χ1v) is 16.2. The van der Waals surface area contributed by atoms with Gasteiger partial charge in [0, 0.05) is 47.6 Å². The lowest BCUT2D eigenvalue weighted by molar-refractivity contribution is -0.107. The standard InChI is InChI=1S/C33H35F3N3O2P/c1-5-21(24-11-7-9-22(31(24)36)10-8-16-40)19-39-33(37-6-2)26-17-23(12-13-28(26)34)41-32-27(20-42(3)4)25-14-15-38-30(25)18-29(32)35/h6-7,9,11-18,21,38H,2,5,8,10,19-20H2,1,3-4H3,(H,37,39). The third-order valence-corrected chi connectivity index (χ3v) is 7.98. The van der Waals surface area contributed by atoms with Gasteiger partial charge in [-0.25, -0.2) is 13.2 Å². The van der Waals surface area contributed by atoms with Gasteiger partial charge in [-0.1, -0.05) is 31.7 Å². The Balaban J connectivity index is 1.67. The van der Waals surface area contributed by atoms with Gasteiger partial charge in [-0.2, -0.15) is 0 Å². The van der Waals surface area contributed by atoms with E-state index in [1.54, 1.807) is 24.4 Å². The molecule has 0 bridgehead atoms. The van der Waals surface area contributed by atoms with Crippen LogP contribution < -0.4 is 10.1 Å². The van der Waals surface area contributed by atoms with Crippen LogP contribution in [0.2, 0.25) is 0 Å². The highest BCUT2D eigenvalue weighted by molar-refractivity contribution is 7.55. The van der Waals surface area contributed by atoms with E-state index in [1.165, 1.54) is 30.5 Å². The molecule has 1 unspecified atom stereocenters. The first kappa shape index (κ1) is 31.0. The third kappa shape index (κ3) is 7.11. The monoisotopic (exact) mass is 593 g/mol. The minimum absolute atomic E-state index is 0.111. The number of amidine groups is 1. The zero-order valence-electron chi connectivity index (χ0n) is 24.0. The maximum Gasteiger partial charge on any atom is 0.168 e. The van der Waals surface area contributed by atoms with Gasteiger partial charge in [0.15, 0.2) is 11.6 Å². The molecule has 3 aromatic carbocycles. The van der Waals surface area contributed by atoms with Crippen molar-refractivity contribution in [1.29, 1.82) is 0 Å². The van der Waals surface area contributed by atoms with Crippen molar-refractivity contribution in [3.63, 3.8) is 0 Å². The van der Waals surface area contributed by atoms with Crippen LogP contribution in [0.4, 0.5) is 13.2 Å². The minimum Gasteiger partial charge on any atom is -0.454 e. The van der Waals surface area contributed by atoms with Crippen LogP contribution in [0.1, 0.15) is 47.9 Å². The van der Waals surface area contributed by atoms with Crippen molar-refractivity contribution in [1.82, 2.24) is 10.3 Å².